The highest BCUT2D eigenvalue weighted by molar-refractivity contribution is 14.0. The fourth-order valence-corrected chi connectivity index (χ4v) is 3.06. The van der Waals surface area contributed by atoms with Crippen molar-refractivity contribution in [2.24, 2.45) is 4.99 Å². The molecule has 3 N–H and O–H groups in total. The maximum Gasteiger partial charge on any atom is 0.191 e. The molecule has 9 heteroatoms. The first-order chi connectivity index (χ1) is 14.1. The van der Waals surface area contributed by atoms with Crippen LogP contribution in [0.2, 0.25) is 5.02 Å². The molecular weight excluding hydrogens is 517 g/mol. The molecule has 0 saturated heterocycles. The van der Waals surface area contributed by atoms with Gasteiger partial charge in [0.15, 0.2) is 5.96 Å². The zero-order valence-electron chi connectivity index (χ0n) is 16.7. The second-order valence-electron chi connectivity index (χ2n) is 6.35. The van der Waals surface area contributed by atoms with Crippen LogP contribution in [0.3, 0.4) is 0 Å². The molecule has 1 atom stereocenters. The number of nitrogens with one attached hydrogen (secondary N) is 2. The number of rotatable bonds is 7. The second kappa shape index (κ2) is 11.7. The van der Waals surface area contributed by atoms with Crippen molar-refractivity contribution in [3.05, 3.63) is 77.1 Å². The van der Waals surface area contributed by atoms with Gasteiger partial charge in [-0.15, -0.1) is 24.0 Å². The van der Waals surface area contributed by atoms with Crippen molar-refractivity contribution in [3.63, 3.8) is 0 Å². The van der Waals surface area contributed by atoms with Gasteiger partial charge in [0.25, 0.3) is 0 Å². The van der Waals surface area contributed by atoms with E-state index in [2.05, 4.69) is 20.7 Å². The molecule has 0 amide bonds. The number of hydrogen-bond acceptors (Lipinski definition) is 4. The first-order valence-electron chi connectivity index (χ1n) is 9.15. The molecule has 0 radical (unpaired) electrons. The van der Waals surface area contributed by atoms with Crippen molar-refractivity contribution in [1.82, 2.24) is 20.4 Å². The minimum atomic E-state index is -0.0361. The first kappa shape index (κ1) is 23.8. The number of phenols is 1. The predicted octanol–water partition coefficient (Wildman–Crippen LogP) is 3.82. The maximum absolute atomic E-state index is 10.1. The smallest absolute Gasteiger partial charge is 0.191 e. The van der Waals surface area contributed by atoms with E-state index in [-0.39, 0.29) is 35.8 Å². The third kappa shape index (κ3) is 6.27. The van der Waals surface area contributed by atoms with Crippen LogP contribution in [0.15, 0.2) is 65.9 Å². The Kier molecular flexibility index (Phi) is 9.25. The number of guanidine groups is 1. The minimum absolute atomic E-state index is 0. The Labute approximate surface area is 198 Å². The molecule has 0 aliphatic heterocycles. The van der Waals surface area contributed by atoms with Gasteiger partial charge in [-0.1, -0.05) is 23.7 Å². The highest BCUT2D eigenvalue weighted by Gasteiger charge is 2.15. The fraction of sp³-hybridized carbons (Fsp3) is 0.238. The van der Waals surface area contributed by atoms with E-state index >= 15 is 0 Å². The number of hydrogen-bond donors (Lipinski definition) is 3. The molecule has 1 heterocycles. The number of benzene rings is 2. The standard InChI is InChI=1S/C21H24ClN5O2.HI/c1-23-21(24-13-16-12-18(29-2)8-9-20(16)28)25-14-19(27-11-3-10-26-27)15-4-6-17(22)7-5-15;/h3-12,19,28H,13-14H2,1-2H3,(H2,23,24,25);1H. The lowest BCUT2D eigenvalue weighted by atomic mass is 10.1. The lowest BCUT2D eigenvalue weighted by Gasteiger charge is -2.21. The summed E-state index contributed by atoms with van der Waals surface area (Å²) in [6.07, 6.45) is 3.67. The van der Waals surface area contributed by atoms with E-state index < -0.39 is 0 Å². The van der Waals surface area contributed by atoms with Crippen molar-refractivity contribution in [3.8, 4) is 11.5 Å². The molecule has 7 nitrogen and oxygen atoms in total. The van der Waals surface area contributed by atoms with Gasteiger partial charge in [0.2, 0.25) is 0 Å². The molecule has 3 rings (SSSR count). The van der Waals surface area contributed by atoms with Crippen LogP contribution in [0, 0.1) is 0 Å². The van der Waals surface area contributed by atoms with Gasteiger partial charge in [0, 0.05) is 43.1 Å². The summed E-state index contributed by atoms with van der Waals surface area (Å²) in [7, 11) is 3.29. The summed E-state index contributed by atoms with van der Waals surface area (Å²) in [4.78, 5) is 4.27. The summed E-state index contributed by atoms with van der Waals surface area (Å²) in [5.74, 6) is 1.49. The summed E-state index contributed by atoms with van der Waals surface area (Å²) in [5, 5.41) is 21.7. The van der Waals surface area contributed by atoms with Crippen molar-refractivity contribution >= 4 is 41.5 Å². The van der Waals surface area contributed by atoms with E-state index in [1.54, 1.807) is 38.6 Å². The van der Waals surface area contributed by atoms with E-state index in [0.29, 0.717) is 35.4 Å². The topological polar surface area (TPSA) is 83.7 Å². The number of methoxy groups -OCH3 is 1. The minimum Gasteiger partial charge on any atom is -0.508 e. The van der Waals surface area contributed by atoms with Gasteiger partial charge >= 0.3 is 0 Å². The van der Waals surface area contributed by atoms with Gasteiger partial charge in [-0.25, -0.2) is 0 Å². The molecule has 0 aliphatic rings. The highest BCUT2D eigenvalue weighted by atomic mass is 127. The predicted molar refractivity (Wildman–Crippen MR) is 130 cm³/mol. The van der Waals surface area contributed by atoms with Crippen molar-refractivity contribution in [2.75, 3.05) is 20.7 Å². The summed E-state index contributed by atoms with van der Waals surface area (Å²) in [5.41, 5.74) is 1.79. The van der Waals surface area contributed by atoms with Crippen LogP contribution in [0.5, 0.6) is 11.5 Å². The first-order valence-corrected chi connectivity index (χ1v) is 9.53. The van der Waals surface area contributed by atoms with E-state index in [1.807, 2.05) is 41.2 Å². The average Bonchev–Trinajstić information content (AvgIpc) is 3.27. The average molecular weight is 542 g/mol. The van der Waals surface area contributed by atoms with Gasteiger partial charge in [0.1, 0.15) is 11.5 Å². The van der Waals surface area contributed by atoms with E-state index in [1.165, 1.54) is 0 Å². The molecule has 0 aliphatic carbocycles. The Morgan fingerprint density at radius 2 is 2.00 bits per heavy atom. The number of phenolic OH excluding ortho intramolecular Hbond substituents is 1. The molecular formula is C21H25ClIN5O2. The molecule has 3 aromatic rings. The number of aliphatic imine (C=N–C) groups is 1. The summed E-state index contributed by atoms with van der Waals surface area (Å²) in [6.45, 7) is 0.961. The van der Waals surface area contributed by atoms with Crippen LogP contribution in [0.25, 0.3) is 0 Å². The lowest BCUT2D eigenvalue weighted by Crippen LogP contribution is -2.40. The van der Waals surface area contributed by atoms with E-state index in [0.717, 1.165) is 5.56 Å². The normalized spacial score (nSPS) is 12.0. The Morgan fingerprint density at radius 1 is 1.23 bits per heavy atom. The molecule has 1 unspecified atom stereocenters. The zero-order valence-corrected chi connectivity index (χ0v) is 19.8. The number of nitrogens with zero attached hydrogens (tertiary/aromatic N) is 3. The van der Waals surface area contributed by atoms with Crippen LogP contribution >= 0.6 is 35.6 Å². The number of halogens is 2. The Hall–Kier alpha value is -2.46. The summed E-state index contributed by atoms with van der Waals surface area (Å²) in [6, 6.07) is 14.7. The Morgan fingerprint density at radius 3 is 2.63 bits per heavy atom. The van der Waals surface area contributed by atoms with Crippen molar-refractivity contribution < 1.29 is 9.84 Å². The summed E-state index contributed by atoms with van der Waals surface area (Å²) < 4.78 is 7.10. The quantitative estimate of drug-likeness (QED) is 0.241. The maximum atomic E-state index is 10.1. The van der Waals surface area contributed by atoms with Crippen LogP contribution < -0.4 is 15.4 Å². The number of ether oxygens (including phenoxy) is 1. The number of aromatic hydroxyl groups is 1. The van der Waals surface area contributed by atoms with Gasteiger partial charge in [0.05, 0.1) is 13.2 Å². The van der Waals surface area contributed by atoms with Gasteiger partial charge in [-0.05, 0) is 42.0 Å². The molecule has 1 aromatic heterocycles. The zero-order chi connectivity index (χ0) is 20.6. The molecule has 0 bridgehead atoms. The van der Waals surface area contributed by atoms with E-state index in [4.69, 9.17) is 16.3 Å². The van der Waals surface area contributed by atoms with Gasteiger partial charge < -0.3 is 20.5 Å². The van der Waals surface area contributed by atoms with Crippen LogP contribution in [0.1, 0.15) is 17.2 Å². The monoisotopic (exact) mass is 541 g/mol. The molecule has 160 valence electrons. The molecule has 0 saturated carbocycles. The van der Waals surface area contributed by atoms with Crippen molar-refractivity contribution in [2.45, 2.75) is 12.6 Å². The third-order valence-electron chi connectivity index (χ3n) is 4.52. The van der Waals surface area contributed by atoms with Gasteiger partial charge in [-0.3, -0.25) is 9.67 Å². The third-order valence-corrected chi connectivity index (χ3v) is 4.77. The Bertz CT molecular complexity index is 949. The SMILES string of the molecule is CN=C(NCc1cc(OC)ccc1O)NCC(c1ccc(Cl)cc1)n1cccn1.I. The lowest BCUT2D eigenvalue weighted by molar-refractivity contribution is 0.410. The fourth-order valence-electron chi connectivity index (χ4n) is 2.94. The molecule has 0 fully saturated rings. The van der Waals surface area contributed by atoms with Gasteiger partial charge in [-0.2, -0.15) is 5.10 Å². The largest absolute Gasteiger partial charge is 0.508 e. The Balaban J connectivity index is 0.00000320. The second-order valence-corrected chi connectivity index (χ2v) is 6.79. The molecule has 30 heavy (non-hydrogen) atoms. The molecule has 0 spiro atoms. The molecule has 2 aromatic carbocycles. The highest BCUT2D eigenvalue weighted by Crippen LogP contribution is 2.23. The van der Waals surface area contributed by atoms with Crippen LogP contribution in [0.4, 0.5) is 0 Å². The van der Waals surface area contributed by atoms with Crippen molar-refractivity contribution in [1.29, 1.82) is 0 Å². The van der Waals surface area contributed by atoms with E-state index in [9.17, 15) is 5.11 Å². The number of aromatic nitrogens is 2. The van der Waals surface area contributed by atoms with Crippen LogP contribution in [-0.2, 0) is 6.54 Å². The van der Waals surface area contributed by atoms with Crippen LogP contribution in [-0.4, -0.2) is 41.5 Å². The summed E-state index contributed by atoms with van der Waals surface area (Å²) >= 11 is 6.03.